The van der Waals surface area contributed by atoms with Gasteiger partial charge >= 0.3 is 0 Å². The molecule has 1 saturated carbocycles. The van der Waals surface area contributed by atoms with Crippen LogP contribution in [0.15, 0.2) is 35.3 Å². The number of carbonyl (C=O) groups excluding carboxylic acids is 1. The van der Waals surface area contributed by atoms with Crippen molar-refractivity contribution in [3.8, 4) is 0 Å². The summed E-state index contributed by atoms with van der Waals surface area (Å²) >= 11 is 0. The second-order valence-corrected chi connectivity index (χ2v) is 8.78. The molecular weight excluding hydrogens is 501 g/mol. The maximum Gasteiger partial charge on any atom is 0.222 e. The van der Waals surface area contributed by atoms with Gasteiger partial charge in [-0.05, 0) is 38.7 Å². The first-order valence-corrected chi connectivity index (χ1v) is 11.7. The number of likely N-dealkylation sites (tertiary alicyclic amines) is 1. The number of carbonyl (C=O) groups is 1. The lowest BCUT2D eigenvalue weighted by Crippen LogP contribution is -2.49. The Kier molecular flexibility index (Phi) is 10.6. The van der Waals surface area contributed by atoms with Gasteiger partial charge in [0.1, 0.15) is 0 Å². The highest BCUT2D eigenvalue weighted by Crippen LogP contribution is 2.32. The molecule has 1 aromatic carbocycles. The molecule has 2 fully saturated rings. The molecular formula is C24H40IN5O. The first kappa shape index (κ1) is 25.9. The quantitative estimate of drug-likeness (QED) is 0.266. The number of amides is 1. The zero-order valence-corrected chi connectivity index (χ0v) is 21.7. The highest BCUT2D eigenvalue weighted by molar-refractivity contribution is 14.0. The lowest BCUT2D eigenvalue weighted by atomic mass is 9.95. The second-order valence-electron chi connectivity index (χ2n) is 8.78. The van der Waals surface area contributed by atoms with Gasteiger partial charge in [0.25, 0.3) is 0 Å². The Bertz CT molecular complexity index is 705. The third-order valence-corrected chi connectivity index (χ3v) is 6.45. The van der Waals surface area contributed by atoms with Crippen molar-refractivity contribution in [1.82, 2.24) is 20.9 Å². The van der Waals surface area contributed by atoms with Gasteiger partial charge in [-0.3, -0.25) is 9.79 Å². The average Bonchev–Trinajstić information content (AvgIpc) is 3.42. The molecule has 1 aliphatic carbocycles. The average molecular weight is 542 g/mol. The third kappa shape index (κ3) is 7.34. The molecule has 0 aromatic heterocycles. The van der Waals surface area contributed by atoms with Crippen molar-refractivity contribution < 1.29 is 4.79 Å². The van der Waals surface area contributed by atoms with Crippen molar-refractivity contribution in [2.75, 3.05) is 26.2 Å². The molecule has 0 bridgehead atoms. The summed E-state index contributed by atoms with van der Waals surface area (Å²) in [5.74, 6) is 1.11. The van der Waals surface area contributed by atoms with E-state index in [4.69, 9.17) is 4.99 Å². The molecule has 2 unspecified atom stereocenters. The van der Waals surface area contributed by atoms with Gasteiger partial charge in [0.2, 0.25) is 5.91 Å². The van der Waals surface area contributed by atoms with E-state index in [1.165, 1.54) is 18.4 Å². The largest absolute Gasteiger partial charge is 0.357 e. The van der Waals surface area contributed by atoms with Gasteiger partial charge in [0.15, 0.2) is 5.96 Å². The van der Waals surface area contributed by atoms with Gasteiger partial charge in [-0.15, -0.1) is 24.0 Å². The fourth-order valence-electron chi connectivity index (χ4n) is 4.76. The molecule has 2 aliphatic rings. The smallest absolute Gasteiger partial charge is 0.222 e. The van der Waals surface area contributed by atoms with E-state index in [0.29, 0.717) is 12.5 Å². The summed E-state index contributed by atoms with van der Waals surface area (Å²) in [5, 5.41) is 10.9. The molecule has 3 N–H and O–H groups in total. The fourth-order valence-corrected chi connectivity index (χ4v) is 4.76. The molecule has 7 heteroatoms. The van der Waals surface area contributed by atoms with Gasteiger partial charge in [-0.1, -0.05) is 50.1 Å². The Hall–Kier alpha value is -1.35. The van der Waals surface area contributed by atoms with E-state index < -0.39 is 0 Å². The maximum atomic E-state index is 12.0. The third-order valence-electron chi connectivity index (χ3n) is 6.45. The predicted molar refractivity (Wildman–Crippen MR) is 139 cm³/mol. The van der Waals surface area contributed by atoms with E-state index in [1.54, 1.807) is 0 Å². The van der Waals surface area contributed by atoms with E-state index in [-0.39, 0.29) is 41.5 Å². The number of nitrogens with one attached hydrogen (secondary N) is 3. The Balaban J connectivity index is 0.00000341. The number of guanidine groups is 1. The van der Waals surface area contributed by atoms with Crippen molar-refractivity contribution in [2.24, 2.45) is 4.99 Å². The topological polar surface area (TPSA) is 68.8 Å². The number of nitrogens with zero attached hydrogens (tertiary/aromatic N) is 2. The predicted octanol–water partition coefficient (Wildman–Crippen LogP) is 3.83. The lowest BCUT2D eigenvalue weighted by Gasteiger charge is -2.33. The number of benzene rings is 1. The second kappa shape index (κ2) is 12.6. The summed E-state index contributed by atoms with van der Waals surface area (Å²) in [7, 11) is 0. The molecule has 3 rings (SSSR count). The molecule has 1 heterocycles. The molecule has 6 nitrogen and oxygen atoms in total. The van der Waals surface area contributed by atoms with Crippen molar-refractivity contribution >= 4 is 35.8 Å². The number of hydrogen-bond donors (Lipinski definition) is 3. The Labute approximate surface area is 205 Å². The zero-order valence-electron chi connectivity index (χ0n) is 19.3. The molecule has 174 valence electrons. The summed E-state index contributed by atoms with van der Waals surface area (Å²) < 4.78 is 0. The molecule has 2 atom stereocenters. The lowest BCUT2D eigenvalue weighted by molar-refractivity contribution is -0.129. The summed E-state index contributed by atoms with van der Waals surface area (Å²) in [5.41, 5.74) is 1.38. The van der Waals surface area contributed by atoms with Gasteiger partial charge in [-0.2, -0.15) is 0 Å². The van der Waals surface area contributed by atoms with Gasteiger partial charge < -0.3 is 20.9 Å². The Morgan fingerprint density at radius 2 is 1.94 bits per heavy atom. The van der Waals surface area contributed by atoms with Crippen LogP contribution in [0, 0.1) is 0 Å². The van der Waals surface area contributed by atoms with Gasteiger partial charge in [-0.25, -0.2) is 0 Å². The zero-order chi connectivity index (χ0) is 21.4. The van der Waals surface area contributed by atoms with Crippen LogP contribution in [0.4, 0.5) is 0 Å². The van der Waals surface area contributed by atoms with Crippen LogP contribution in [-0.4, -0.2) is 54.5 Å². The molecule has 1 amide bonds. The minimum absolute atomic E-state index is 0. The van der Waals surface area contributed by atoms with Crippen molar-refractivity contribution in [3.05, 3.63) is 35.9 Å². The molecule has 0 spiro atoms. The molecule has 1 saturated heterocycles. The number of halogens is 1. The van der Waals surface area contributed by atoms with Crippen LogP contribution in [0.3, 0.4) is 0 Å². The van der Waals surface area contributed by atoms with Crippen LogP contribution >= 0.6 is 24.0 Å². The molecule has 31 heavy (non-hydrogen) atoms. The number of rotatable bonds is 8. The Morgan fingerprint density at radius 3 is 2.58 bits per heavy atom. The molecule has 1 aliphatic heterocycles. The summed E-state index contributed by atoms with van der Waals surface area (Å²) in [6.07, 6.45) is 6.39. The van der Waals surface area contributed by atoms with E-state index in [1.807, 2.05) is 11.8 Å². The van der Waals surface area contributed by atoms with E-state index >= 15 is 0 Å². The fraction of sp³-hybridized carbons (Fsp3) is 0.667. The van der Waals surface area contributed by atoms with E-state index in [2.05, 4.69) is 60.1 Å². The number of aliphatic imine (C=N–C) groups is 1. The van der Waals surface area contributed by atoms with Gasteiger partial charge in [0, 0.05) is 43.7 Å². The maximum absolute atomic E-state index is 12.0. The van der Waals surface area contributed by atoms with Crippen LogP contribution in [0.2, 0.25) is 0 Å². The first-order chi connectivity index (χ1) is 14.5. The SMILES string of the molecule is CCNC(=NCC1(NC(C)c2ccccc2)CCCC1)NC1CCN(C(=O)CC)C1.I. The van der Waals surface area contributed by atoms with Crippen molar-refractivity contribution in [1.29, 1.82) is 0 Å². The molecule has 1 aromatic rings. The van der Waals surface area contributed by atoms with Crippen LogP contribution < -0.4 is 16.0 Å². The highest BCUT2D eigenvalue weighted by atomic mass is 127. The van der Waals surface area contributed by atoms with Crippen molar-refractivity contribution in [3.63, 3.8) is 0 Å². The van der Waals surface area contributed by atoms with Crippen LogP contribution in [0.5, 0.6) is 0 Å². The van der Waals surface area contributed by atoms with Crippen molar-refractivity contribution in [2.45, 2.75) is 76.9 Å². The molecule has 0 radical (unpaired) electrons. The monoisotopic (exact) mass is 541 g/mol. The minimum Gasteiger partial charge on any atom is -0.357 e. The van der Waals surface area contributed by atoms with Gasteiger partial charge in [0.05, 0.1) is 6.54 Å². The minimum atomic E-state index is 0. The Morgan fingerprint density at radius 1 is 1.23 bits per heavy atom. The summed E-state index contributed by atoms with van der Waals surface area (Å²) in [6, 6.07) is 11.2. The van der Waals surface area contributed by atoms with Crippen LogP contribution in [-0.2, 0) is 4.79 Å². The van der Waals surface area contributed by atoms with Crippen LogP contribution in [0.25, 0.3) is 0 Å². The first-order valence-electron chi connectivity index (χ1n) is 11.7. The summed E-state index contributed by atoms with van der Waals surface area (Å²) in [4.78, 5) is 18.9. The van der Waals surface area contributed by atoms with E-state index in [0.717, 1.165) is 51.4 Å². The number of hydrogen-bond acceptors (Lipinski definition) is 3. The highest BCUT2D eigenvalue weighted by Gasteiger charge is 2.35. The standard InChI is InChI=1S/C24H39N5O.HI/c1-4-22(30)29-16-13-21(17-29)27-23(25-5-2)26-18-24(14-9-10-15-24)28-19(3)20-11-7-6-8-12-20;/h6-8,11-12,19,21,28H,4-5,9-10,13-18H2,1-3H3,(H2,25,26,27);1H. The van der Waals surface area contributed by atoms with E-state index in [9.17, 15) is 4.79 Å². The van der Waals surface area contributed by atoms with Crippen LogP contribution in [0.1, 0.15) is 70.9 Å². The summed E-state index contributed by atoms with van der Waals surface area (Å²) in [6.45, 7) is 9.48. The normalized spacial score (nSPS) is 21.5.